The molecule has 2 aromatic rings. The molecule has 0 aliphatic heterocycles. The molecular weight excluding hydrogens is 225 g/mol. The van der Waals surface area contributed by atoms with Crippen LogP contribution in [0.3, 0.4) is 0 Å². The zero-order valence-electron chi connectivity index (χ0n) is 10.8. The molecule has 0 unspecified atom stereocenters. The Balaban J connectivity index is 2.36. The summed E-state index contributed by atoms with van der Waals surface area (Å²) in [5, 5.41) is 0. The smallest absolute Gasteiger partial charge is 0.147 e. The minimum Gasteiger partial charge on any atom is -0.370 e. The van der Waals surface area contributed by atoms with Crippen molar-refractivity contribution >= 4 is 5.69 Å². The number of hydrogen-bond donors (Lipinski definition) is 0. The average Bonchev–Trinajstić information content (AvgIpc) is 2.43. The maximum Gasteiger partial charge on any atom is 0.147 e. The van der Waals surface area contributed by atoms with E-state index in [0.29, 0.717) is 5.69 Å². The van der Waals surface area contributed by atoms with Crippen LogP contribution in [0.5, 0.6) is 0 Å². The maximum absolute atomic E-state index is 14.1. The van der Waals surface area contributed by atoms with Crippen LogP contribution in [0, 0.1) is 11.9 Å². The second-order valence-corrected chi connectivity index (χ2v) is 4.13. The molecule has 2 rings (SSSR count). The van der Waals surface area contributed by atoms with Crippen molar-refractivity contribution in [1.29, 1.82) is 0 Å². The summed E-state index contributed by atoms with van der Waals surface area (Å²) in [6.07, 6.45) is 0. The summed E-state index contributed by atoms with van der Waals surface area (Å²) in [5.41, 5.74) is 2.55. The van der Waals surface area contributed by atoms with Crippen molar-refractivity contribution < 1.29 is 4.39 Å². The molecule has 1 nitrogen and oxygen atoms in total. The van der Waals surface area contributed by atoms with Crippen LogP contribution in [-0.2, 0) is 0 Å². The van der Waals surface area contributed by atoms with Crippen molar-refractivity contribution in [3.63, 3.8) is 0 Å². The molecule has 18 heavy (non-hydrogen) atoms. The Morgan fingerprint density at radius 1 is 1.11 bits per heavy atom. The molecule has 0 saturated carbocycles. The average molecular weight is 242 g/mol. The number of halogens is 1. The quantitative estimate of drug-likeness (QED) is 0.779. The highest BCUT2D eigenvalue weighted by Gasteiger charge is 2.09. The Morgan fingerprint density at radius 2 is 1.89 bits per heavy atom. The van der Waals surface area contributed by atoms with Crippen molar-refractivity contribution in [1.82, 2.24) is 0 Å². The van der Waals surface area contributed by atoms with E-state index in [1.165, 1.54) is 0 Å². The summed E-state index contributed by atoms with van der Waals surface area (Å²) in [7, 11) is 0. The number of benzene rings is 2. The predicted molar refractivity (Wildman–Crippen MR) is 74.2 cm³/mol. The van der Waals surface area contributed by atoms with Gasteiger partial charge in [0.1, 0.15) is 5.82 Å². The van der Waals surface area contributed by atoms with E-state index in [1.807, 2.05) is 55.1 Å². The summed E-state index contributed by atoms with van der Waals surface area (Å²) in [6.45, 7) is 5.68. The van der Waals surface area contributed by atoms with Gasteiger partial charge in [-0.05, 0) is 49.2 Å². The molecular formula is C16H17FN. The molecule has 2 aromatic carbocycles. The molecule has 0 fully saturated rings. The standard InChI is InChI=1S/C16H17FN/c1-3-18(4-2)16-11-10-14(12-15(16)17)13-8-6-5-7-9-13/h5-6,8-12H,3-4H2,1-2H3. The first kappa shape index (κ1) is 12.6. The molecule has 0 saturated heterocycles. The minimum atomic E-state index is -0.167. The second-order valence-electron chi connectivity index (χ2n) is 4.13. The van der Waals surface area contributed by atoms with Gasteiger partial charge in [-0.25, -0.2) is 4.39 Å². The number of nitrogens with zero attached hydrogens (tertiary/aromatic N) is 1. The fourth-order valence-electron chi connectivity index (χ4n) is 2.08. The normalized spacial score (nSPS) is 10.4. The molecule has 0 spiro atoms. The van der Waals surface area contributed by atoms with Crippen LogP contribution in [0.15, 0.2) is 42.5 Å². The number of anilines is 1. The fraction of sp³-hybridized carbons (Fsp3) is 0.250. The monoisotopic (exact) mass is 242 g/mol. The van der Waals surface area contributed by atoms with E-state index in [9.17, 15) is 4.39 Å². The largest absolute Gasteiger partial charge is 0.370 e. The fourth-order valence-corrected chi connectivity index (χ4v) is 2.08. The van der Waals surface area contributed by atoms with Gasteiger partial charge in [0, 0.05) is 13.1 Å². The Bertz CT molecular complexity index is 504. The van der Waals surface area contributed by atoms with Crippen molar-refractivity contribution in [2.24, 2.45) is 0 Å². The number of rotatable bonds is 4. The molecule has 0 heterocycles. The third-order valence-electron chi connectivity index (χ3n) is 3.09. The summed E-state index contributed by atoms with van der Waals surface area (Å²) >= 11 is 0. The summed E-state index contributed by atoms with van der Waals surface area (Å²) < 4.78 is 14.1. The zero-order valence-corrected chi connectivity index (χ0v) is 10.8. The van der Waals surface area contributed by atoms with Crippen molar-refractivity contribution in [3.05, 3.63) is 54.3 Å². The van der Waals surface area contributed by atoms with E-state index in [1.54, 1.807) is 6.07 Å². The molecule has 0 atom stereocenters. The van der Waals surface area contributed by atoms with E-state index in [2.05, 4.69) is 6.07 Å². The highest BCUT2D eigenvalue weighted by atomic mass is 19.1. The van der Waals surface area contributed by atoms with Gasteiger partial charge < -0.3 is 4.90 Å². The van der Waals surface area contributed by atoms with Gasteiger partial charge in [-0.15, -0.1) is 0 Å². The van der Waals surface area contributed by atoms with Gasteiger partial charge in [0.25, 0.3) is 0 Å². The Hall–Kier alpha value is -1.83. The van der Waals surface area contributed by atoms with Gasteiger partial charge in [0.05, 0.1) is 5.69 Å². The van der Waals surface area contributed by atoms with E-state index in [0.717, 1.165) is 24.2 Å². The molecule has 93 valence electrons. The summed E-state index contributed by atoms with van der Waals surface area (Å²) in [6, 6.07) is 16.0. The van der Waals surface area contributed by atoms with Crippen LogP contribution in [0.1, 0.15) is 13.8 Å². The second kappa shape index (κ2) is 5.67. The molecule has 1 radical (unpaired) electrons. The van der Waals surface area contributed by atoms with Crippen LogP contribution in [-0.4, -0.2) is 13.1 Å². The minimum absolute atomic E-state index is 0.167. The third-order valence-corrected chi connectivity index (χ3v) is 3.09. The Kier molecular flexibility index (Phi) is 3.98. The lowest BCUT2D eigenvalue weighted by atomic mass is 10.0. The van der Waals surface area contributed by atoms with Crippen LogP contribution >= 0.6 is 0 Å². The summed E-state index contributed by atoms with van der Waals surface area (Å²) in [4.78, 5) is 2.01. The highest BCUT2D eigenvalue weighted by Crippen LogP contribution is 2.26. The third kappa shape index (κ3) is 2.53. The number of hydrogen-bond acceptors (Lipinski definition) is 1. The van der Waals surface area contributed by atoms with Crippen LogP contribution < -0.4 is 4.90 Å². The summed E-state index contributed by atoms with van der Waals surface area (Å²) in [5.74, 6) is -0.167. The first-order chi connectivity index (χ1) is 8.76. The van der Waals surface area contributed by atoms with Crippen molar-refractivity contribution in [3.8, 4) is 11.1 Å². The van der Waals surface area contributed by atoms with E-state index in [-0.39, 0.29) is 5.82 Å². The van der Waals surface area contributed by atoms with Crippen molar-refractivity contribution in [2.45, 2.75) is 13.8 Å². The highest BCUT2D eigenvalue weighted by molar-refractivity contribution is 5.66. The lowest BCUT2D eigenvalue weighted by Gasteiger charge is -2.21. The van der Waals surface area contributed by atoms with E-state index >= 15 is 0 Å². The first-order valence-electron chi connectivity index (χ1n) is 6.27. The van der Waals surface area contributed by atoms with Gasteiger partial charge in [-0.3, -0.25) is 0 Å². The van der Waals surface area contributed by atoms with E-state index < -0.39 is 0 Å². The van der Waals surface area contributed by atoms with Crippen LogP contribution in [0.2, 0.25) is 0 Å². The lowest BCUT2D eigenvalue weighted by molar-refractivity contribution is 0.620. The SMILES string of the molecule is CCN(CC)c1ccc(-c2c[c]ccc2)cc1F. The molecule has 2 heteroatoms. The molecule has 0 aliphatic rings. The molecule has 0 aliphatic carbocycles. The van der Waals surface area contributed by atoms with Gasteiger partial charge in [0.15, 0.2) is 0 Å². The Labute approximate surface area is 108 Å². The molecule has 0 N–H and O–H groups in total. The predicted octanol–water partition coefficient (Wildman–Crippen LogP) is 4.14. The molecule has 0 bridgehead atoms. The molecule has 0 amide bonds. The maximum atomic E-state index is 14.1. The first-order valence-corrected chi connectivity index (χ1v) is 6.27. The van der Waals surface area contributed by atoms with Gasteiger partial charge in [0.2, 0.25) is 0 Å². The van der Waals surface area contributed by atoms with E-state index in [4.69, 9.17) is 0 Å². The molecule has 0 aromatic heterocycles. The Morgan fingerprint density at radius 3 is 2.44 bits per heavy atom. The van der Waals surface area contributed by atoms with Crippen LogP contribution in [0.4, 0.5) is 10.1 Å². The van der Waals surface area contributed by atoms with Gasteiger partial charge in [-0.1, -0.05) is 24.3 Å². The van der Waals surface area contributed by atoms with Gasteiger partial charge in [-0.2, -0.15) is 0 Å². The van der Waals surface area contributed by atoms with Gasteiger partial charge >= 0.3 is 0 Å². The van der Waals surface area contributed by atoms with Crippen molar-refractivity contribution in [2.75, 3.05) is 18.0 Å². The topological polar surface area (TPSA) is 3.24 Å². The zero-order chi connectivity index (χ0) is 13.0. The van der Waals surface area contributed by atoms with Crippen LogP contribution in [0.25, 0.3) is 11.1 Å². The lowest BCUT2D eigenvalue weighted by Crippen LogP contribution is -2.22.